The van der Waals surface area contributed by atoms with Crippen molar-refractivity contribution in [2.45, 2.75) is 18.5 Å². The third-order valence-electron chi connectivity index (χ3n) is 5.52. The maximum atomic E-state index is 12.8. The van der Waals surface area contributed by atoms with Crippen LogP contribution in [0.4, 0.5) is 5.69 Å². The first-order chi connectivity index (χ1) is 15.3. The molecule has 1 aliphatic heterocycles. The topological polar surface area (TPSA) is 62.4 Å². The summed E-state index contributed by atoms with van der Waals surface area (Å²) < 4.78 is 5.80. The van der Waals surface area contributed by atoms with Gasteiger partial charge in [0, 0.05) is 11.7 Å². The molecule has 0 spiro atoms. The van der Waals surface area contributed by atoms with Crippen molar-refractivity contribution < 1.29 is 9.53 Å². The van der Waals surface area contributed by atoms with E-state index < -0.39 is 0 Å². The molecule has 1 aliphatic rings. The number of para-hydroxylation sites is 1. The largest absolute Gasteiger partial charge is 0.457 e. The fourth-order valence-electron chi connectivity index (χ4n) is 3.95. The lowest BCUT2D eigenvalue weighted by Crippen LogP contribution is -2.39. The zero-order valence-corrected chi connectivity index (χ0v) is 16.9. The minimum absolute atomic E-state index is 0.0630. The Bertz CT molecular complexity index is 1190. The molecule has 1 fully saturated rings. The van der Waals surface area contributed by atoms with E-state index in [0.717, 1.165) is 17.2 Å². The summed E-state index contributed by atoms with van der Waals surface area (Å²) in [6.45, 7) is 0. The van der Waals surface area contributed by atoms with E-state index in [1.807, 2.05) is 66.7 Å². The molecular weight excluding hydrogens is 386 g/mol. The van der Waals surface area contributed by atoms with Gasteiger partial charge in [0.25, 0.3) is 0 Å². The van der Waals surface area contributed by atoms with Gasteiger partial charge in [-0.05, 0) is 59.2 Å². The molecule has 31 heavy (non-hydrogen) atoms. The fourth-order valence-corrected chi connectivity index (χ4v) is 3.95. The molecule has 0 saturated carbocycles. The van der Waals surface area contributed by atoms with Crippen LogP contribution in [0.2, 0.25) is 0 Å². The van der Waals surface area contributed by atoms with Crippen LogP contribution in [0.25, 0.3) is 10.8 Å². The van der Waals surface area contributed by atoms with Crippen LogP contribution in [-0.2, 0) is 4.79 Å². The molecule has 4 aromatic carbocycles. The van der Waals surface area contributed by atoms with Gasteiger partial charge in [-0.2, -0.15) is 0 Å². The van der Waals surface area contributed by atoms with Gasteiger partial charge in [0.1, 0.15) is 17.5 Å². The summed E-state index contributed by atoms with van der Waals surface area (Å²) in [5.74, 6) is 1.44. The van der Waals surface area contributed by atoms with E-state index >= 15 is 0 Å². The number of fused-ring (bicyclic) bond motifs is 1. The minimum atomic E-state index is -0.316. The summed E-state index contributed by atoms with van der Waals surface area (Å²) in [5.41, 5.74) is 8.37. The summed E-state index contributed by atoms with van der Waals surface area (Å²) >= 11 is 0. The molecule has 2 atom stereocenters. The van der Waals surface area contributed by atoms with Gasteiger partial charge < -0.3 is 10.1 Å². The Kier molecular flexibility index (Phi) is 5.35. The maximum Gasteiger partial charge on any atom is 0.242 e. The van der Waals surface area contributed by atoms with E-state index in [1.165, 1.54) is 16.3 Å². The van der Waals surface area contributed by atoms with Gasteiger partial charge in [-0.25, -0.2) is 10.9 Å². The van der Waals surface area contributed by atoms with E-state index in [2.05, 4.69) is 46.5 Å². The molecular formula is C26H23N3O2. The van der Waals surface area contributed by atoms with Gasteiger partial charge in [-0.15, -0.1) is 0 Å². The summed E-state index contributed by atoms with van der Waals surface area (Å²) in [5, 5.41) is 5.40. The van der Waals surface area contributed by atoms with Crippen LogP contribution in [0.3, 0.4) is 0 Å². The fraction of sp³-hybridized carbons (Fsp3) is 0.115. The van der Waals surface area contributed by atoms with Crippen molar-refractivity contribution >= 4 is 22.4 Å². The van der Waals surface area contributed by atoms with Crippen molar-refractivity contribution in [1.29, 1.82) is 0 Å². The van der Waals surface area contributed by atoms with Crippen molar-refractivity contribution in [3.8, 4) is 11.5 Å². The molecule has 1 amide bonds. The molecule has 0 aromatic heterocycles. The number of ether oxygens (including phenoxy) is 1. The van der Waals surface area contributed by atoms with E-state index in [-0.39, 0.29) is 18.0 Å². The second-order valence-corrected chi connectivity index (χ2v) is 7.63. The van der Waals surface area contributed by atoms with Crippen LogP contribution in [0.15, 0.2) is 97.1 Å². The first-order valence-electron chi connectivity index (χ1n) is 10.4. The molecule has 5 nitrogen and oxygen atoms in total. The number of benzene rings is 4. The Balaban J connectivity index is 1.22. The van der Waals surface area contributed by atoms with Crippen molar-refractivity contribution in [2.75, 3.05) is 5.32 Å². The lowest BCUT2D eigenvalue weighted by molar-refractivity contribution is -0.117. The summed E-state index contributed by atoms with van der Waals surface area (Å²) in [7, 11) is 0. The van der Waals surface area contributed by atoms with Gasteiger partial charge in [0.05, 0.1) is 0 Å². The molecule has 154 valence electrons. The highest BCUT2D eigenvalue weighted by atomic mass is 16.5. The van der Waals surface area contributed by atoms with Crippen LogP contribution in [0, 0.1) is 0 Å². The molecule has 0 bridgehead atoms. The molecule has 2 unspecified atom stereocenters. The third kappa shape index (κ3) is 4.28. The normalized spacial score (nSPS) is 18.1. The van der Waals surface area contributed by atoms with E-state index in [1.54, 1.807) is 0 Å². The van der Waals surface area contributed by atoms with Crippen molar-refractivity contribution in [3.63, 3.8) is 0 Å². The molecule has 0 radical (unpaired) electrons. The number of carbonyl (C=O) groups excluding carboxylic acids is 1. The molecule has 0 aliphatic carbocycles. The minimum Gasteiger partial charge on any atom is -0.457 e. The maximum absolute atomic E-state index is 12.8. The highest BCUT2D eigenvalue weighted by Crippen LogP contribution is 2.29. The average Bonchev–Trinajstić information content (AvgIpc) is 3.31. The number of amides is 1. The highest BCUT2D eigenvalue weighted by Gasteiger charge is 2.30. The lowest BCUT2D eigenvalue weighted by atomic mass is 9.96. The van der Waals surface area contributed by atoms with Gasteiger partial charge >= 0.3 is 0 Å². The quantitative estimate of drug-likeness (QED) is 0.425. The molecule has 5 rings (SSSR count). The standard InChI is InChI=1S/C26H23N3O2/c30-26(27-19-13-15-21(16-14-19)31-20-9-2-1-3-10-20)25-17-24(28-29-25)23-12-6-8-18-7-4-5-11-22(18)23/h1-16,24-25,28-29H,17H2,(H,27,30). The average molecular weight is 409 g/mol. The van der Waals surface area contributed by atoms with Crippen LogP contribution in [0.5, 0.6) is 11.5 Å². The second-order valence-electron chi connectivity index (χ2n) is 7.63. The van der Waals surface area contributed by atoms with Gasteiger partial charge in [-0.1, -0.05) is 60.7 Å². The van der Waals surface area contributed by atoms with Crippen molar-refractivity contribution in [3.05, 3.63) is 103 Å². The Hall–Kier alpha value is -3.67. The van der Waals surface area contributed by atoms with Gasteiger partial charge in [0.2, 0.25) is 5.91 Å². The number of anilines is 1. The Morgan fingerprint density at radius 3 is 2.32 bits per heavy atom. The zero-order chi connectivity index (χ0) is 21.0. The van der Waals surface area contributed by atoms with Crippen LogP contribution < -0.4 is 20.9 Å². The zero-order valence-electron chi connectivity index (χ0n) is 16.9. The molecule has 1 saturated heterocycles. The number of nitrogens with one attached hydrogen (secondary N) is 3. The Morgan fingerprint density at radius 2 is 1.48 bits per heavy atom. The molecule has 4 aromatic rings. The number of hydrogen-bond donors (Lipinski definition) is 3. The SMILES string of the molecule is O=C(Nc1ccc(Oc2ccccc2)cc1)C1CC(c2cccc3ccccc23)NN1. The van der Waals surface area contributed by atoms with Crippen molar-refractivity contribution in [2.24, 2.45) is 0 Å². The smallest absolute Gasteiger partial charge is 0.242 e. The van der Waals surface area contributed by atoms with E-state index in [0.29, 0.717) is 6.42 Å². The third-order valence-corrected chi connectivity index (χ3v) is 5.52. The van der Waals surface area contributed by atoms with Crippen LogP contribution in [0.1, 0.15) is 18.0 Å². The van der Waals surface area contributed by atoms with E-state index in [4.69, 9.17) is 4.74 Å². The summed E-state index contributed by atoms with van der Waals surface area (Å²) in [6.07, 6.45) is 0.676. The first-order valence-corrected chi connectivity index (χ1v) is 10.4. The number of hydrazine groups is 1. The molecule has 1 heterocycles. The van der Waals surface area contributed by atoms with E-state index in [9.17, 15) is 4.79 Å². The highest BCUT2D eigenvalue weighted by molar-refractivity contribution is 5.95. The number of carbonyl (C=O) groups is 1. The van der Waals surface area contributed by atoms with Crippen molar-refractivity contribution in [1.82, 2.24) is 10.9 Å². The van der Waals surface area contributed by atoms with Crippen LogP contribution >= 0.6 is 0 Å². The second kappa shape index (κ2) is 8.60. The Labute approximate surface area is 181 Å². The summed E-state index contributed by atoms with van der Waals surface area (Å²) in [4.78, 5) is 12.8. The monoisotopic (exact) mass is 409 g/mol. The summed E-state index contributed by atoms with van der Waals surface area (Å²) in [6, 6.07) is 31.4. The molecule has 5 heteroatoms. The van der Waals surface area contributed by atoms with Gasteiger partial charge in [0.15, 0.2) is 0 Å². The van der Waals surface area contributed by atoms with Crippen LogP contribution in [-0.4, -0.2) is 11.9 Å². The number of hydrogen-bond acceptors (Lipinski definition) is 4. The Morgan fingerprint density at radius 1 is 0.774 bits per heavy atom. The number of rotatable bonds is 5. The predicted molar refractivity (Wildman–Crippen MR) is 123 cm³/mol. The first kappa shape index (κ1) is 19.3. The predicted octanol–water partition coefficient (Wildman–Crippen LogP) is 5.18. The molecule has 3 N–H and O–H groups in total. The van der Waals surface area contributed by atoms with Gasteiger partial charge in [-0.3, -0.25) is 4.79 Å². The lowest BCUT2D eigenvalue weighted by Gasteiger charge is -2.13.